The van der Waals surface area contributed by atoms with Crippen LogP contribution >= 0.6 is 0 Å². The van der Waals surface area contributed by atoms with E-state index < -0.39 is 11.4 Å². The molecule has 0 saturated heterocycles. The Morgan fingerprint density at radius 1 is 1.41 bits per heavy atom. The van der Waals surface area contributed by atoms with Crippen LogP contribution in [0.25, 0.3) is 0 Å². The van der Waals surface area contributed by atoms with Crippen LogP contribution in [-0.2, 0) is 10.3 Å². The minimum absolute atomic E-state index is 0.0732. The van der Waals surface area contributed by atoms with Crippen LogP contribution in [0.3, 0.4) is 0 Å². The van der Waals surface area contributed by atoms with Crippen LogP contribution in [0.1, 0.15) is 18.4 Å². The summed E-state index contributed by atoms with van der Waals surface area (Å²) >= 11 is 0. The van der Waals surface area contributed by atoms with Crippen LogP contribution in [-0.4, -0.2) is 25.9 Å². The molecule has 1 aliphatic rings. The molecule has 0 aromatic heterocycles. The fourth-order valence-electron chi connectivity index (χ4n) is 2.20. The number of hydrogen-bond donors (Lipinski definition) is 1. The van der Waals surface area contributed by atoms with Crippen molar-refractivity contribution < 1.29 is 19.0 Å². The highest BCUT2D eigenvalue weighted by Gasteiger charge is 2.47. The summed E-state index contributed by atoms with van der Waals surface area (Å²) in [4.78, 5) is 0. The molecule has 0 amide bonds. The number of ether oxygens (including phenoxy) is 2. The molecule has 1 aliphatic carbocycles. The van der Waals surface area contributed by atoms with E-state index in [1.54, 1.807) is 18.2 Å². The van der Waals surface area contributed by atoms with Gasteiger partial charge in [-0.05, 0) is 24.8 Å². The molecule has 1 atom stereocenters. The van der Waals surface area contributed by atoms with Crippen molar-refractivity contribution >= 4 is 0 Å². The Kier molecular flexibility index (Phi) is 3.35. The number of hydrogen-bond acceptors (Lipinski definition) is 3. The third kappa shape index (κ3) is 2.15. The number of aliphatic hydroxyl groups is 1. The molecule has 1 fully saturated rings. The average molecular weight is 240 g/mol. The van der Waals surface area contributed by atoms with Gasteiger partial charge in [-0.1, -0.05) is 12.1 Å². The van der Waals surface area contributed by atoms with E-state index in [0.717, 1.165) is 12.8 Å². The van der Waals surface area contributed by atoms with Gasteiger partial charge in [0, 0.05) is 12.7 Å². The Morgan fingerprint density at radius 2 is 2.12 bits per heavy atom. The standard InChI is InChI=1S/C13H17FO3/c1-16-8-13(15,9-6-7-9)10-4-3-5-11(17-2)12(10)14/h3-5,9,15H,6-8H2,1-2H3. The summed E-state index contributed by atoms with van der Waals surface area (Å²) in [6.07, 6.45) is 1.80. The largest absolute Gasteiger partial charge is 0.494 e. The Morgan fingerprint density at radius 3 is 2.65 bits per heavy atom. The van der Waals surface area contributed by atoms with Gasteiger partial charge in [-0.25, -0.2) is 4.39 Å². The highest BCUT2D eigenvalue weighted by atomic mass is 19.1. The predicted molar refractivity (Wildman–Crippen MR) is 61.4 cm³/mol. The molecule has 0 aliphatic heterocycles. The summed E-state index contributed by atoms with van der Waals surface area (Å²) in [7, 11) is 2.92. The van der Waals surface area contributed by atoms with E-state index in [1.165, 1.54) is 14.2 Å². The second-order valence-electron chi connectivity index (χ2n) is 4.45. The van der Waals surface area contributed by atoms with Crippen LogP contribution in [0.4, 0.5) is 4.39 Å². The van der Waals surface area contributed by atoms with Crippen LogP contribution in [0.2, 0.25) is 0 Å². The van der Waals surface area contributed by atoms with E-state index in [0.29, 0.717) is 0 Å². The lowest BCUT2D eigenvalue weighted by atomic mass is 9.89. The first-order valence-electron chi connectivity index (χ1n) is 5.67. The third-order valence-electron chi connectivity index (χ3n) is 3.27. The molecule has 1 aromatic rings. The zero-order chi connectivity index (χ0) is 12.5. The van der Waals surface area contributed by atoms with Gasteiger partial charge < -0.3 is 14.6 Å². The second-order valence-corrected chi connectivity index (χ2v) is 4.45. The quantitative estimate of drug-likeness (QED) is 0.856. The molecule has 3 nitrogen and oxygen atoms in total. The minimum Gasteiger partial charge on any atom is -0.494 e. The van der Waals surface area contributed by atoms with Crippen LogP contribution in [0, 0.1) is 11.7 Å². The summed E-state index contributed by atoms with van der Waals surface area (Å²) in [5.41, 5.74) is -0.978. The molecule has 0 heterocycles. The van der Waals surface area contributed by atoms with Crippen molar-refractivity contribution in [3.63, 3.8) is 0 Å². The van der Waals surface area contributed by atoms with Crippen molar-refractivity contribution in [1.29, 1.82) is 0 Å². The van der Waals surface area contributed by atoms with Gasteiger partial charge in [-0.15, -0.1) is 0 Å². The molecule has 2 rings (SSSR count). The van der Waals surface area contributed by atoms with Gasteiger partial charge in [-0.2, -0.15) is 0 Å². The smallest absolute Gasteiger partial charge is 0.171 e. The van der Waals surface area contributed by atoms with Crippen molar-refractivity contribution in [2.24, 2.45) is 5.92 Å². The van der Waals surface area contributed by atoms with Crippen LogP contribution in [0.15, 0.2) is 18.2 Å². The molecule has 0 radical (unpaired) electrons. The van der Waals surface area contributed by atoms with E-state index in [9.17, 15) is 9.50 Å². The van der Waals surface area contributed by atoms with Crippen molar-refractivity contribution in [1.82, 2.24) is 0 Å². The zero-order valence-electron chi connectivity index (χ0n) is 10.1. The van der Waals surface area contributed by atoms with E-state index in [2.05, 4.69) is 0 Å². The maximum atomic E-state index is 14.1. The molecule has 1 N–H and O–H groups in total. The first-order chi connectivity index (χ1) is 8.13. The van der Waals surface area contributed by atoms with Crippen molar-refractivity contribution in [3.05, 3.63) is 29.6 Å². The fraction of sp³-hybridized carbons (Fsp3) is 0.538. The number of halogens is 1. The highest BCUT2D eigenvalue weighted by molar-refractivity contribution is 5.36. The first-order valence-corrected chi connectivity index (χ1v) is 5.67. The lowest BCUT2D eigenvalue weighted by molar-refractivity contribution is -0.0558. The molecule has 1 aromatic carbocycles. The van der Waals surface area contributed by atoms with Gasteiger partial charge in [0.2, 0.25) is 0 Å². The van der Waals surface area contributed by atoms with E-state index >= 15 is 0 Å². The van der Waals surface area contributed by atoms with Gasteiger partial charge in [0.1, 0.15) is 5.60 Å². The van der Waals surface area contributed by atoms with E-state index in [4.69, 9.17) is 9.47 Å². The molecular formula is C13H17FO3. The van der Waals surface area contributed by atoms with Crippen molar-refractivity contribution in [3.8, 4) is 5.75 Å². The lowest BCUT2D eigenvalue weighted by Crippen LogP contribution is -2.34. The molecular weight excluding hydrogens is 223 g/mol. The van der Waals surface area contributed by atoms with Gasteiger partial charge in [0.25, 0.3) is 0 Å². The van der Waals surface area contributed by atoms with Crippen LogP contribution < -0.4 is 4.74 Å². The second kappa shape index (κ2) is 4.63. The summed E-state index contributed by atoms with van der Waals surface area (Å²) < 4.78 is 24.1. The van der Waals surface area contributed by atoms with Crippen LogP contribution in [0.5, 0.6) is 5.75 Å². The van der Waals surface area contributed by atoms with Gasteiger partial charge in [0.05, 0.1) is 13.7 Å². The van der Waals surface area contributed by atoms with Gasteiger partial charge >= 0.3 is 0 Å². The van der Waals surface area contributed by atoms with Gasteiger partial charge in [0.15, 0.2) is 11.6 Å². The predicted octanol–water partition coefficient (Wildman–Crippen LogP) is 2.08. The normalized spacial score (nSPS) is 18.8. The Bertz CT molecular complexity index is 404. The molecule has 0 bridgehead atoms. The first kappa shape index (κ1) is 12.3. The van der Waals surface area contributed by atoms with Gasteiger partial charge in [-0.3, -0.25) is 0 Å². The fourth-order valence-corrected chi connectivity index (χ4v) is 2.20. The lowest BCUT2D eigenvalue weighted by Gasteiger charge is -2.28. The number of methoxy groups -OCH3 is 2. The third-order valence-corrected chi connectivity index (χ3v) is 3.27. The Hall–Kier alpha value is -1.13. The molecule has 4 heteroatoms. The Balaban J connectivity index is 2.42. The number of rotatable bonds is 5. The van der Waals surface area contributed by atoms with E-state index in [-0.39, 0.29) is 23.8 Å². The van der Waals surface area contributed by atoms with Crippen molar-refractivity contribution in [2.75, 3.05) is 20.8 Å². The average Bonchev–Trinajstić information content (AvgIpc) is 3.13. The highest BCUT2D eigenvalue weighted by Crippen LogP contribution is 2.47. The summed E-state index contributed by atoms with van der Waals surface area (Å²) in [5.74, 6) is -0.275. The summed E-state index contributed by atoms with van der Waals surface area (Å²) in [6.45, 7) is 0.0990. The van der Waals surface area contributed by atoms with E-state index in [1.807, 2.05) is 0 Å². The number of benzene rings is 1. The molecule has 0 spiro atoms. The SMILES string of the molecule is COCC(O)(c1cccc(OC)c1F)C1CC1. The summed E-state index contributed by atoms with van der Waals surface area (Å²) in [5, 5.41) is 10.6. The molecule has 1 unspecified atom stereocenters. The maximum absolute atomic E-state index is 14.1. The maximum Gasteiger partial charge on any atom is 0.171 e. The minimum atomic E-state index is -1.24. The summed E-state index contributed by atoms with van der Waals surface area (Å²) in [6, 6.07) is 4.81. The Labute approximate surface area is 100 Å². The monoisotopic (exact) mass is 240 g/mol. The zero-order valence-corrected chi connectivity index (χ0v) is 10.1. The topological polar surface area (TPSA) is 38.7 Å². The molecule has 17 heavy (non-hydrogen) atoms. The molecule has 94 valence electrons. The van der Waals surface area contributed by atoms with Crippen molar-refractivity contribution in [2.45, 2.75) is 18.4 Å². The molecule has 1 saturated carbocycles.